The van der Waals surface area contributed by atoms with Crippen LogP contribution in [-0.4, -0.2) is 22.0 Å². The molecule has 1 aromatic carbocycles. The first-order valence-corrected chi connectivity index (χ1v) is 6.18. The molecule has 0 aliphatic rings. The molecule has 0 saturated carbocycles. The van der Waals surface area contributed by atoms with Gasteiger partial charge in [0.1, 0.15) is 5.69 Å². The van der Waals surface area contributed by atoms with Crippen LogP contribution >= 0.6 is 0 Å². The fourth-order valence-electron chi connectivity index (χ4n) is 1.85. The van der Waals surface area contributed by atoms with Crippen molar-refractivity contribution in [2.45, 2.75) is 6.92 Å². The molecule has 0 fully saturated rings. The van der Waals surface area contributed by atoms with E-state index in [4.69, 9.17) is 5.73 Å². The quantitative estimate of drug-likeness (QED) is 0.806. The van der Waals surface area contributed by atoms with E-state index in [-0.39, 0.29) is 5.91 Å². The fourth-order valence-corrected chi connectivity index (χ4v) is 1.85. The van der Waals surface area contributed by atoms with Gasteiger partial charge in [0.05, 0.1) is 19.1 Å². The monoisotopic (exact) mass is 268 g/mol. The molecule has 0 radical (unpaired) electrons. The van der Waals surface area contributed by atoms with Crippen molar-refractivity contribution in [2.24, 2.45) is 12.8 Å². The van der Waals surface area contributed by atoms with Gasteiger partial charge >= 0.3 is 0 Å². The maximum absolute atomic E-state index is 12.1. The summed E-state index contributed by atoms with van der Waals surface area (Å²) >= 11 is 0. The molecule has 5 heteroatoms. The minimum Gasteiger partial charge on any atom is -0.330 e. The van der Waals surface area contributed by atoms with E-state index in [1.165, 1.54) is 6.20 Å². The van der Waals surface area contributed by atoms with Crippen LogP contribution in [0.4, 0.5) is 5.69 Å². The summed E-state index contributed by atoms with van der Waals surface area (Å²) in [4.78, 5) is 16.0. The largest absolute Gasteiger partial charge is 0.330 e. The lowest BCUT2D eigenvalue weighted by molar-refractivity contribution is 0.101. The normalized spacial score (nSPS) is 9.75. The van der Waals surface area contributed by atoms with Gasteiger partial charge in [0.15, 0.2) is 0 Å². The molecule has 5 nitrogen and oxygen atoms in total. The lowest BCUT2D eigenvalue weighted by atomic mass is 10.1. The minimum atomic E-state index is -0.201. The molecule has 1 heterocycles. The molecule has 102 valence electrons. The van der Waals surface area contributed by atoms with Crippen LogP contribution in [0.5, 0.6) is 0 Å². The summed E-state index contributed by atoms with van der Waals surface area (Å²) in [6.07, 6.45) is 3.11. The average Bonchev–Trinajstić information content (AvgIpc) is 2.82. The van der Waals surface area contributed by atoms with Crippen LogP contribution in [-0.2, 0) is 7.05 Å². The number of aryl methyl sites for hydroxylation is 2. The Hall–Kier alpha value is -2.58. The molecule has 0 saturated heterocycles. The third kappa shape index (κ3) is 3.25. The number of carbonyl (C=O) groups excluding carboxylic acids is 1. The second-order valence-corrected chi connectivity index (χ2v) is 4.44. The Morgan fingerprint density at radius 2 is 2.25 bits per heavy atom. The number of aromatic nitrogens is 2. The molecule has 3 N–H and O–H groups in total. The molecule has 20 heavy (non-hydrogen) atoms. The van der Waals surface area contributed by atoms with E-state index >= 15 is 0 Å². The summed E-state index contributed by atoms with van der Waals surface area (Å²) < 4.78 is 1.67. The second kappa shape index (κ2) is 6.04. The molecule has 1 amide bonds. The lowest BCUT2D eigenvalue weighted by Crippen LogP contribution is -2.15. The van der Waals surface area contributed by atoms with E-state index in [9.17, 15) is 4.79 Å². The van der Waals surface area contributed by atoms with E-state index < -0.39 is 0 Å². The highest BCUT2D eigenvalue weighted by atomic mass is 16.1. The highest BCUT2D eigenvalue weighted by Gasteiger charge is 2.10. The van der Waals surface area contributed by atoms with Crippen LogP contribution in [0.3, 0.4) is 0 Å². The van der Waals surface area contributed by atoms with Crippen molar-refractivity contribution >= 4 is 11.6 Å². The summed E-state index contributed by atoms with van der Waals surface area (Å²) in [5, 5.41) is 2.84. The Bertz CT molecular complexity index is 691. The van der Waals surface area contributed by atoms with E-state index in [2.05, 4.69) is 22.1 Å². The number of nitrogens with one attached hydrogen (secondary N) is 1. The Morgan fingerprint density at radius 3 is 2.90 bits per heavy atom. The Morgan fingerprint density at radius 1 is 1.45 bits per heavy atom. The first-order valence-electron chi connectivity index (χ1n) is 6.18. The first kappa shape index (κ1) is 13.8. The van der Waals surface area contributed by atoms with Gasteiger partial charge in [-0.1, -0.05) is 11.8 Å². The first-order chi connectivity index (χ1) is 9.60. The summed E-state index contributed by atoms with van der Waals surface area (Å²) in [6, 6.07) is 5.66. The van der Waals surface area contributed by atoms with Crippen molar-refractivity contribution in [1.82, 2.24) is 9.55 Å². The molecular weight excluding hydrogens is 252 g/mol. The van der Waals surface area contributed by atoms with Crippen molar-refractivity contribution in [3.63, 3.8) is 0 Å². The number of anilines is 1. The maximum atomic E-state index is 12.1. The van der Waals surface area contributed by atoms with E-state index in [1.807, 2.05) is 25.1 Å². The number of nitrogens with two attached hydrogens (primary N) is 1. The SMILES string of the molecule is Cc1cc(C#CCN)cc(NC(=O)c2cncn2C)c1. The number of nitrogens with zero attached hydrogens (tertiary/aromatic N) is 2. The van der Waals surface area contributed by atoms with Crippen LogP contribution in [0.25, 0.3) is 0 Å². The number of carbonyl (C=O) groups is 1. The third-order valence-corrected chi connectivity index (χ3v) is 2.72. The molecular formula is C15H16N4O. The van der Waals surface area contributed by atoms with Crippen LogP contribution in [0.1, 0.15) is 21.6 Å². The summed E-state index contributed by atoms with van der Waals surface area (Å²) in [6.45, 7) is 2.26. The van der Waals surface area contributed by atoms with Gasteiger partial charge in [-0.15, -0.1) is 0 Å². The van der Waals surface area contributed by atoms with Gasteiger partial charge in [-0.2, -0.15) is 0 Å². The van der Waals surface area contributed by atoms with E-state index in [1.54, 1.807) is 17.9 Å². The van der Waals surface area contributed by atoms with Gasteiger partial charge in [0.2, 0.25) is 0 Å². The molecule has 1 aromatic heterocycles. The highest BCUT2D eigenvalue weighted by molar-refractivity contribution is 6.03. The fraction of sp³-hybridized carbons (Fsp3) is 0.200. The molecule has 0 atom stereocenters. The van der Waals surface area contributed by atoms with Crippen LogP contribution < -0.4 is 11.1 Å². The predicted molar refractivity (Wildman–Crippen MR) is 78.3 cm³/mol. The van der Waals surface area contributed by atoms with Gasteiger partial charge in [0, 0.05) is 18.3 Å². The van der Waals surface area contributed by atoms with E-state index in [0.717, 1.165) is 11.1 Å². The molecule has 0 aliphatic heterocycles. The van der Waals surface area contributed by atoms with Crippen molar-refractivity contribution in [2.75, 3.05) is 11.9 Å². The Balaban J connectivity index is 2.23. The Kier molecular flexibility index (Phi) is 4.18. The van der Waals surface area contributed by atoms with Crippen LogP contribution in [0.15, 0.2) is 30.7 Å². The Labute approximate surface area is 117 Å². The van der Waals surface area contributed by atoms with Gasteiger partial charge in [-0.05, 0) is 30.7 Å². The molecule has 2 rings (SSSR count). The average molecular weight is 268 g/mol. The molecule has 0 unspecified atom stereocenters. The van der Waals surface area contributed by atoms with Crippen LogP contribution in [0.2, 0.25) is 0 Å². The van der Waals surface area contributed by atoms with Crippen molar-refractivity contribution in [3.05, 3.63) is 47.5 Å². The molecule has 0 spiro atoms. The molecule has 0 bridgehead atoms. The number of imidazole rings is 1. The maximum Gasteiger partial charge on any atom is 0.273 e. The smallest absolute Gasteiger partial charge is 0.273 e. The predicted octanol–water partition coefficient (Wildman–Crippen LogP) is 1.29. The lowest BCUT2D eigenvalue weighted by Gasteiger charge is -2.07. The number of amides is 1. The van der Waals surface area contributed by atoms with Crippen molar-refractivity contribution < 1.29 is 4.79 Å². The standard InChI is InChI=1S/C15H16N4O/c1-11-6-12(4-3-5-16)8-13(7-11)18-15(20)14-9-17-10-19(14)2/h6-10H,5,16H2,1-2H3,(H,18,20). The third-order valence-electron chi connectivity index (χ3n) is 2.72. The van der Waals surface area contributed by atoms with Gasteiger partial charge in [-0.3, -0.25) is 4.79 Å². The highest BCUT2D eigenvalue weighted by Crippen LogP contribution is 2.15. The summed E-state index contributed by atoms with van der Waals surface area (Å²) in [5.74, 6) is 5.56. The zero-order valence-electron chi connectivity index (χ0n) is 11.5. The van der Waals surface area contributed by atoms with Crippen molar-refractivity contribution in [3.8, 4) is 11.8 Å². The van der Waals surface area contributed by atoms with Crippen LogP contribution in [0, 0.1) is 18.8 Å². The molecule has 2 aromatic rings. The van der Waals surface area contributed by atoms with Crippen molar-refractivity contribution in [1.29, 1.82) is 0 Å². The minimum absolute atomic E-state index is 0.201. The summed E-state index contributed by atoms with van der Waals surface area (Å²) in [7, 11) is 1.77. The topological polar surface area (TPSA) is 72.9 Å². The zero-order valence-corrected chi connectivity index (χ0v) is 11.5. The number of hydrogen-bond acceptors (Lipinski definition) is 3. The van der Waals surface area contributed by atoms with Gasteiger partial charge in [-0.25, -0.2) is 4.98 Å². The number of benzene rings is 1. The number of rotatable bonds is 2. The van der Waals surface area contributed by atoms with Gasteiger partial charge < -0.3 is 15.6 Å². The second-order valence-electron chi connectivity index (χ2n) is 4.44. The summed E-state index contributed by atoms with van der Waals surface area (Å²) in [5.41, 5.74) is 8.42. The zero-order chi connectivity index (χ0) is 14.5. The van der Waals surface area contributed by atoms with Gasteiger partial charge in [0.25, 0.3) is 5.91 Å². The van der Waals surface area contributed by atoms with E-state index in [0.29, 0.717) is 17.9 Å². The number of hydrogen-bond donors (Lipinski definition) is 2. The molecule has 0 aliphatic carbocycles.